The third kappa shape index (κ3) is 7.31. The summed E-state index contributed by atoms with van der Waals surface area (Å²) in [6, 6.07) is 14.5. The maximum Gasteiger partial charge on any atom is 0.350 e. The van der Waals surface area contributed by atoms with Crippen LogP contribution in [-0.2, 0) is 27.3 Å². The number of nitrogens with one attached hydrogen (secondary N) is 1. The summed E-state index contributed by atoms with van der Waals surface area (Å²) in [5.74, 6) is -0.0212. The fourth-order valence-corrected chi connectivity index (χ4v) is 3.77. The average molecular weight is 481 g/mol. The first-order valence-corrected chi connectivity index (χ1v) is 12.0. The summed E-state index contributed by atoms with van der Waals surface area (Å²) in [5.41, 5.74) is 1.45. The van der Waals surface area contributed by atoms with E-state index in [0.717, 1.165) is 29.5 Å². The van der Waals surface area contributed by atoms with Crippen LogP contribution in [0.3, 0.4) is 0 Å². The van der Waals surface area contributed by atoms with Crippen LogP contribution in [0.5, 0.6) is 5.75 Å². The van der Waals surface area contributed by atoms with E-state index in [4.69, 9.17) is 9.47 Å². The number of esters is 1. The molecule has 1 saturated heterocycles. The van der Waals surface area contributed by atoms with Gasteiger partial charge in [0.2, 0.25) is 0 Å². The zero-order chi connectivity index (χ0) is 25.8. The number of rotatable bonds is 9. The van der Waals surface area contributed by atoms with Gasteiger partial charge in [0, 0.05) is 0 Å². The lowest BCUT2D eigenvalue weighted by Gasteiger charge is -2.29. The SMILES string of the molecule is Cc1ccc(CN2C(=O)NC(CCCc3ccc(OC(C)(C)C(=O)OC(C)(C)C)cc3)C2=O)cc1. The van der Waals surface area contributed by atoms with Gasteiger partial charge in [-0.3, -0.25) is 9.69 Å². The molecule has 1 unspecified atom stereocenters. The number of amides is 3. The van der Waals surface area contributed by atoms with Crippen LogP contribution in [-0.4, -0.2) is 40.1 Å². The molecular weight excluding hydrogens is 444 g/mol. The maximum absolute atomic E-state index is 12.7. The van der Waals surface area contributed by atoms with Crippen molar-refractivity contribution < 1.29 is 23.9 Å². The van der Waals surface area contributed by atoms with Gasteiger partial charge in [0.05, 0.1) is 6.54 Å². The maximum atomic E-state index is 12.7. The third-order valence-corrected chi connectivity index (χ3v) is 5.71. The Balaban J connectivity index is 1.48. The molecular formula is C28H36N2O5. The monoisotopic (exact) mass is 480 g/mol. The van der Waals surface area contributed by atoms with Crippen molar-refractivity contribution in [2.24, 2.45) is 0 Å². The Hall–Kier alpha value is -3.35. The second kappa shape index (κ2) is 10.5. The van der Waals surface area contributed by atoms with E-state index in [1.165, 1.54) is 4.90 Å². The van der Waals surface area contributed by atoms with Crippen molar-refractivity contribution in [1.29, 1.82) is 0 Å². The van der Waals surface area contributed by atoms with Gasteiger partial charge in [-0.1, -0.05) is 42.0 Å². The first kappa shape index (κ1) is 26.3. The van der Waals surface area contributed by atoms with Crippen LogP contribution in [0.4, 0.5) is 4.79 Å². The molecule has 3 rings (SSSR count). The molecule has 2 aromatic carbocycles. The summed E-state index contributed by atoms with van der Waals surface area (Å²) in [6.45, 7) is 11.1. The van der Waals surface area contributed by atoms with Crippen molar-refractivity contribution in [2.75, 3.05) is 0 Å². The van der Waals surface area contributed by atoms with Gasteiger partial charge in [0.1, 0.15) is 17.4 Å². The van der Waals surface area contributed by atoms with E-state index < -0.39 is 23.2 Å². The van der Waals surface area contributed by atoms with Crippen molar-refractivity contribution >= 4 is 17.9 Å². The van der Waals surface area contributed by atoms with E-state index in [1.54, 1.807) is 13.8 Å². The lowest BCUT2D eigenvalue weighted by atomic mass is 10.0. The highest BCUT2D eigenvalue weighted by Crippen LogP contribution is 2.23. The van der Waals surface area contributed by atoms with Crippen molar-refractivity contribution in [3.8, 4) is 5.75 Å². The van der Waals surface area contributed by atoms with Gasteiger partial charge in [-0.05, 0) is 84.1 Å². The molecule has 7 nitrogen and oxygen atoms in total. The number of benzene rings is 2. The molecule has 35 heavy (non-hydrogen) atoms. The van der Waals surface area contributed by atoms with Gasteiger partial charge < -0.3 is 14.8 Å². The molecule has 0 saturated carbocycles. The smallest absolute Gasteiger partial charge is 0.350 e. The minimum atomic E-state index is -1.11. The first-order chi connectivity index (χ1) is 16.3. The molecule has 1 aliphatic rings. The number of carbonyl (C=O) groups excluding carboxylic acids is 3. The lowest BCUT2D eigenvalue weighted by Crippen LogP contribution is -2.43. The van der Waals surface area contributed by atoms with Crippen LogP contribution in [0.2, 0.25) is 0 Å². The molecule has 0 radical (unpaired) electrons. The lowest BCUT2D eigenvalue weighted by molar-refractivity contribution is -0.170. The number of hydrogen-bond donors (Lipinski definition) is 1. The largest absolute Gasteiger partial charge is 0.476 e. The summed E-state index contributed by atoms with van der Waals surface area (Å²) >= 11 is 0. The highest BCUT2D eigenvalue weighted by molar-refractivity contribution is 6.04. The van der Waals surface area contributed by atoms with E-state index in [9.17, 15) is 14.4 Å². The predicted octanol–water partition coefficient (Wildman–Crippen LogP) is 4.94. The minimum absolute atomic E-state index is 0.177. The Morgan fingerprint density at radius 1 is 0.943 bits per heavy atom. The van der Waals surface area contributed by atoms with Crippen LogP contribution >= 0.6 is 0 Å². The fourth-order valence-electron chi connectivity index (χ4n) is 3.77. The number of imide groups is 1. The second-order valence-corrected chi connectivity index (χ2v) is 10.6. The quantitative estimate of drug-likeness (QED) is 0.406. The van der Waals surface area contributed by atoms with Gasteiger partial charge in [0.15, 0.2) is 5.60 Å². The zero-order valence-electron chi connectivity index (χ0n) is 21.5. The normalized spacial score (nSPS) is 16.3. The predicted molar refractivity (Wildman–Crippen MR) is 134 cm³/mol. The minimum Gasteiger partial charge on any atom is -0.476 e. The zero-order valence-corrected chi connectivity index (χ0v) is 21.5. The van der Waals surface area contributed by atoms with Crippen LogP contribution in [0.1, 0.15) is 64.2 Å². The number of aryl methyl sites for hydroxylation is 2. The van der Waals surface area contributed by atoms with E-state index >= 15 is 0 Å². The number of hydrogen-bond acceptors (Lipinski definition) is 5. The molecule has 0 aliphatic carbocycles. The van der Waals surface area contributed by atoms with Crippen LogP contribution < -0.4 is 10.1 Å². The Bertz CT molecular complexity index is 1050. The number of urea groups is 1. The van der Waals surface area contributed by atoms with Crippen LogP contribution in [0.25, 0.3) is 0 Å². The highest BCUT2D eigenvalue weighted by atomic mass is 16.6. The number of nitrogens with zero attached hydrogens (tertiary/aromatic N) is 1. The molecule has 0 spiro atoms. The summed E-state index contributed by atoms with van der Waals surface area (Å²) < 4.78 is 11.3. The topological polar surface area (TPSA) is 84.9 Å². The molecule has 1 fully saturated rings. The molecule has 1 atom stereocenters. The van der Waals surface area contributed by atoms with Crippen molar-refractivity contribution in [3.05, 3.63) is 65.2 Å². The van der Waals surface area contributed by atoms with Crippen molar-refractivity contribution in [3.63, 3.8) is 0 Å². The Kier molecular flexibility index (Phi) is 7.88. The molecule has 1 aliphatic heterocycles. The van der Waals surface area contributed by atoms with E-state index in [1.807, 2.05) is 76.2 Å². The molecule has 1 heterocycles. The van der Waals surface area contributed by atoms with E-state index in [0.29, 0.717) is 12.2 Å². The highest BCUT2D eigenvalue weighted by Gasteiger charge is 2.37. The number of ether oxygens (including phenoxy) is 2. The van der Waals surface area contributed by atoms with Gasteiger partial charge in [-0.15, -0.1) is 0 Å². The van der Waals surface area contributed by atoms with Crippen molar-refractivity contribution in [2.45, 2.75) is 84.6 Å². The summed E-state index contributed by atoms with van der Waals surface area (Å²) in [7, 11) is 0. The molecule has 0 bridgehead atoms. The molecule has 1 N–H and O–H groups in total. The molecule has 0 aromatic heterocycles. The summed E-state index contributed by atoms with van der Waals surface area (Å²) in [6.07, 6.45) is 2.07. The Labute approximate surface area is 207 Å². The third-order valence-electron chi connectivity index (χ3n) is 5.71. The molecule has 188 valence electrons. The summed E-state index contributed by atoms with van der Waals surface area (Å²) in [5, 5.41) is 2.81. The average Bonchev–Trinajstić information content (AvgIpc) is 3.02. The van der Waals surface area contributed by atoms with Gasteiger partial charge in [0.25, 0.3) is 5.91 Å². The first-order valence-electron chi connectivity index (χ1n) is 12.0. The second-order valence-electron chi connectivity index (χ2n) is 10.6. The summed E-state index contributed by atoms with van der Waals surface area (Å²) in [4.78, 5) is 38.7. The Morgan fingerprint density at radius 2 is 1.54 bits per heavy atom. The van der Waals surface area contributed by atoms with Crippen LogP contribution in [0.15, 0.2) is 48.5 Å². The molecule has 3 amide bonds. The molecule has 2 aromatic rings. The van der Waals surface area contributed by atoms with Crippen molar-refractivity contribution in [1.82, 2.24) is 10.2 Å². The van der Waals surface area contributed by atoms with Gasteiger partial charge >= 0.3 is 12.0 Å². The van der Waals surface area contributed by atoms with Gasteiger partial charge in [-0.25, -0.2) is 9.59 Å². The van der Waals surface area contributed by atoms with Gasteiger partial charge in [-0.2, -0.15) is 0 Å². The van der Waals surface area contributed by atoms with E-state index in [2.05, 4.69) is 5.32 Å². The molecule has 7 heteroatoms. The standard InChI is InChI=1S/C28H36N2O5/c1-19-10-12-21(13-11-19)18-30-24(31)23(29-26(30)33)9-7-8-20-14-16-22(17-15-20)34-28(5,6)25(32)35-27(2,3)4/h10-17,23H,7-9,18H2,1-6H3,(H,29,33). The van der Waals surface area contributed by atoms with E-state index in [-0.39, 0.29) is 18.5 Å². The Morgan fingerprint density at radius 3 is 2.14 bits per heavy atom. The number of carbonyl (C=O) groups is 3. The fraction of sp³-hybridized carbons (Fsp3) is 0.464. The van der Waals surface area contributed by atoms with Crippen LogP contribution in [0, 0.1) is 6.92 Å².